The van der Waals surface area contributed by atoms with Crippen molar-refractivity contribution >= 4 is 52.9 Å². The number of guanidine groups is 1. The third kappa shape index (κ3) is 8.30. The van der Waals surface area contributed by atoms with Crippen LogP contribution in [0.3, 0.4) is 0 Å². The first-order chi connectivity index (χ1) is 12.6. The van der Waals surface area contributed by atoms with Crippen LogP contribution in [0.5, 0.6) is 0 Å². The Morgan fingerprint density at radius 1 is 1.19 bits per heavy atom. The van der Waals surface area contributed by atoms with E-state index in [1.165, 1.54) is 4.88 Å². The summed E-state index contributed by atoms with van der Waals surface area (Å²) in [5, 5.41) is 11.6. The van der Waals surface area contributed by atoms with E-state index in [0.29, 0.717) is 6.54 Å². The fourth-order valence-corrected chi connectivity index (χ4v) is 2.94. The summed E-state index contributed by atoms with van der Waals surface area (Å²) in [4.78, 5) is 18.0. The largest absolute Gasteiger partial charge is 0.357 e. The molecule has 0 bridgehead atoms. The van der Waals surface area contributed by atoms with Gasteiger partial charge in [0.15, 0.2) is 5.96 Å². The molecule has 148 valence electrons. The highest BCUT2D eigenvalue weighted by Gasteiger charge is 2.10. The second-order valence-corrected chi connectivity index (χ2v) is 7.16. The quantitative estimate of drug-likeness (QED) is 0.282. The second kappa shape index (κ2) is 12.7. The lowest BCUT2D eigenvalue weighted by atomic mass is 10.1. The van der Waals surface area contributed by atoms with Crippen molar-refractivity contribution in [3.63, 3.8) is 0 Å². The van der Waals surface area contributed by atoms with Crippen molar-refractivity contribution in [1.29, 1.82) is 0 Å². The molecule has 1 heterocycles. The average Bonchev–Trinajstić information content (AvgIpc) is 3.17. The molecule has 3 N–H and O–H groups in total. The second-order valence-electron chi connectivity index (χ2n) is 6.13. The molecule has 27 heavy (non-hydrogen) atoms. The molecule has 7 heteroatoms. The maximum atomic E-state index is 12.0. The van der Waals surface area contributed by atoms with Crippen molar-refractivity contribution < 1.29 is 4.79 Å². The highest BCUT2D eigenvalue weighted by atomic mass is 127. The molecule has 0 radical (unpaired) electrons. The van der Waals surface area contributed by atoms with E-state index in [1.54, 1.807) is 11.3 Å². The zero-order chi connectivity index (χ0) is 18.8. The number of aliphatic imine (C=N–C) groups is 1. The molecule has 2 aromatic rings. The summed E-state index contributed by atoms with van der Waals surface area (Å²) >= 11 is 1.72. The number of nitrogens with one attached hydrogen (secondary N) is 3. The molecule has 1 aromatic heterocycles. The molecule has 1 unspecified atom stereocenters. The molecule has 0 aliphatic heterocycles. The van der Waals surface area contributed by atoms with Gasteiger partial charge in [0.2, 0.25) is 5.91 Å². The van der Waals surface area contributed by atoms with E-state index in [-0.39, 0.29) is 35.8 Å². The van der Waals surface area contributed by atoms with Gasteiger partial charge in [-0.3, -0.25) is 4.79 Å². The van der Waals surface area contributed by atoms with Crippen LogP contribution in [0.4, 0.5) is 5.69 Å². The number of halogens is 1. The minimum Gasteiger partial charge on any atom is -0.357 e. The number of carbonyl (C=O) groups excluding carboxylic acids is 1. The van der Waals surface area contributed by atoms with Gasteiger partial charge in [-0.1, -0.05) is 32.0 Å². The third-order valence-electron chi connectivity index (χ3n) is 4.03. The standard InChI is InChI=1S/C20H28N4OS.HI/c1-4-15(3)19(25)24-17-9-6-8-16(12-17)13-22-20(21-5-2)23-14-18-10-7-11-26-18;/h6-12,15H,4-5,13-14H2,1-3H3,(H,24,25)(H2,21,22,23);1H. The summed E-state index contributed by atoms with van der Waals surface area (Å²) in [6, 6.07) is 12.0. The molecule has 0 saturated heterocycles. The first-order valence-electron chi connectivity index (χ1n) is 9.06. The molecular weight excluding hydrogens is 471 g/mol. The molecule has 0 fully saturated rings. The number of rotatable bonds is 8. The lowest BCUT2D eigenvalue weighted by Crippen LogP contribution is -2.36. The number of thiophene rings is 1. The van der Waals surface area contributed by atoms with Crippen LogP contribution in [0.1, 0.15) is 37.6 Å². The Kier molecular flexibility index (Phi) is 11.0. The number of hydrogen-bond donors (Lipinski definition) is 3. The predicted molar refractivity (Wildman–Crippen MR) is 126 cm³/mol. The topological polar surface area (TPSA) is 65.5 Å². The molecule has 0 spiro atoms. The van der Waals surface area contributed by atoms with Gasteiger partial charge in [-0.2, -0.15) is 0 Å². The molecule has 0 aliphatic carbocycles. The van der Waals surface area contributed by atoms with Crippen LogP contribution < -0.4 is 16.0 Å². The van der Waals surface area contributed by atoms with Gasteiger partial charge < -0.3 is 16.0 Å². The van der Waals surface area contributed by atoms with Crippen LogP contribution >= 0.6 is 35.3 Å². The molecule has 1 amide bonds. The van der Waals surface area contributed by atoms with Gasteiger partial charge in [-0.25, -0.2) is 4.99 Å². The first kappa shape index (κ1) is 23.4. The highest BCUT2D eigenvalue weighted by Crippen LogP contribution is 2.14. The number of amides is 1. The summed E-state index contributed by atoms with van der Waals surface area (Å²) in [5.41, 5.74) is 1.87. The van der Waals surface area contributed by atoms with Crippen molar-refractivity contribution in [1.82, 2.24) is 10.6 Å². The van der Waals surface area contributed by atoms with Crippen molar-refractivity contribution in [2.24, 2.45) is 10.9 Å². The van der Waals surface area contributed by atoms with E-state index < -0.39 is 0 Å². The van der Waals surface area contributed by atoms with Gasteiger partial charge in [0.25, 0.3) is 0 Å². The Morgan fingerprint density at radius 3 is 2.67 bits per heavy atom. The van der Waals surface area contributed by atoms with Gasteiger partial charge >= 0.3 is 0 Å². The zero-order valence-corrected chi connectivity index (χ0v) is 19.3. The lowest BCUT2D eigenvalue weighted by molar-refractivity contribution is -0.119. The van der Waals surface area contributed by atoms with Crippen molar-refractivity contribution in [2.45, 2.75) is 40.3 Å². The summed E-state index contributed by atoms with van der Waals surface area (Å²) in [5.74, 6) is 0.854. The van der Waals surface area contributed by atoms with Crippen LogP contribution in [-0.4, -0.2) is 18.4 Å². The SMILES string of the molecule is CCNC(=NCc1cccc(NC(=O)C(C)CC)c1)NCc1cccs1.I. The molecule has 1 aromatic carbocycles. The molecule has 0 saturated carbocycles. The normalized spacial score (nSPS) is 12.0. The van der Waals surface area contributed by atoms with E-state index >= 15 is 0 Å². The Labute approximate surface area is 183 Å². The van der Waals surface area contributed by atoms with E-state index in [1.807, 2.05) is 51.1 Å². The van der Waals surface area contributed by atoms with Gasteiger partial charge in [0.1, 0.15) is 0 Å². The first-order valence-corrected chi connectivity index (χ1v) is 9.94. The molecule has 2 rings (SSSR count). The summed E-state index contributed by atoms with van der Waals surface area (Å²) in [7, 11) is 0. The Hall–Kier alpha value is -1.61. The van der Waals surface area contributed by atoms with Gasteiger partial charge in [0, 0.05) is 23.0 Å². The van der Waals surface area contributed by atoms with Gasteiger partial charge in [-0.15, -0.1) is 35.3 Å². The van der Waals surface area contributed by atoms with Crippen LogP contribution in [0, 0.1) is 5.92 Å². The smallest absolute Gasteiger partial charge is 0.227 e. The third-order valence-corrected chi connectivity index (χ3v) is 4.90. The van der Waals surface area contributed by atoms with Crippen molar-refractivity contribution in [3.05, 3.63) is 52.2 Å². The monoisotopic (exact) mass is 500 g/mol. The van der Waals surface area contributed by atoms with E-state index in [4.69, 9.17) is 0 Å². The van der Waals surface area contributed by atoms with E-state index in [9.17, 15) is 4.79 Å². The van der Waals surface area contributed by atoms with Crippen LogP contribution in [0.15, 0.2) is 46.8 Å². The summed E-state index contributed by atoms with van der Waals surface area (Å²) in [6.07, 6.45) is 0.831. The van der Waals surface area contributed by atoms with E-state index in [2.05, 4.69) is 32.4 Å². The fourth-order valence-electron chi connectivity index (χ4n) is 2.29. The molecule has 5 nitrogen and oxygen atoms in total. The predicted octanol–water partition coefficient (Wildman–Crippen LogP) is 4.61. The Balaban J connectivity index is 0.00000364. The van der Waals surface area contributed by atoms with Gasteiger partial charge in [-0.05, 0) is 42.5 Å². The fraction of sp³-hybridized carbons (Fsp3) is 0.400. The maximum Gasteiger partial charge on any atom is 0.227 e. The number of hydrogen-bond acceptors (Lipinski definition) is 3. The van der Waals surface area contributed by atoms with Crippen molar-refractivity contribution in [2.75, 3.05) is 11.9 Å². The Bertz CT molecular complexity index is 719. The highest BCUT2D eigenvalue weighted by molar-refractivity contribution is 14.0. The van der Waals surface area contributed by atoms with Crippen molar-refractivity contribution in [3.8, 4) is 0 Å². The van der Waals surface area contributed by atoms with Crippen LogP contribution in [0.25, 0.3) is 0 Å². The minimum atomic E-state index is 0. The summed E-state index contributed by atoms with van der Waals surface area (Å²) in [6.45, 7) is 8.11. The maximum absolute atomic E-state index is 12.0. The number of benzene rings is 1. The molecule has 0 aliphatic rings. The number of nitrogens with zero attached hydrogens (tertiary/aromatic N) is 1. The lowest BCUT2D eigenvalue weighted by Gasteiger charge is -2.12. The van der Waals surface area contributed by atoms with E-state index in [0.717, 1.165) is 36.7 Å². The van der Waals surface area contributed by atoms with Gasteiger partial charge in [0.05, 0.1) is 13.1 Å². The minimum absolute atomic E-state index is 0. The number of anilines is 1. The molecule has 1 atom stereocenters. The van der Waals surface area contributed by atoms with Crippen LogP contribution in [0.2, 0.25) is 0 Å². The zero-order valence-electron chi connectivity index (χ0n) is 16.1. The Morgan fingerprint density at radius 2 is 2.00 bits per heavy atom. The average molecular weight is 500 g/mol. The molecular formula is C20H29IN4OS. The van der Waals surface area contributed by atoms with Crippen LogP contribution in [-0.2, 0) is 17.9 Å². The number of carbonyl (C=O) groups is 1. The summed E-state index contributed by atoms with van der Waals surface area (Å²) < 4.78 is 0.